The Morgan fingerprint density at radius 3 is 2.38 bits per heavy atom. The molecule has 0 aromatic heterocycles. The van der Waals surface area contributed by atoms with Crippen molar-refractivity contribution in [2.45, 2.75) is 13.1 Å². The number of allylic oxidation sites excluding steroid dienone is 1. The number of hydrogen-bond acceptors (Lipinski definition) is 1. The molecule has 0 bridgehead atoms. The third kappa shape index (κ3) is 2.72. The molecular formula is C11H8BrF3O. The lowest BCUT2D eigenvalue weighted by Crippen LogP contribution is -2.08. The minimum atomic E-state index is -4.45. The summed E-state index contributed by atoms with van der Waals surface area (Å²) >= 11 is 3.04. The Morgan fingerprint density at radius 1 is 1.38 bits per heavy atom. The van der Waals surface area contributed by atoms with E-state index >= 15 is 0 Å². The van der Waals surface area contributed by atoms with E-state index in [0.29, 0.717) is 4.47 Å². The van der Waals surface area contributed by atoms with Gasteiger partial charge >= 0.3 is 6.18 Å². The Labute approximate surface area is 99.1 Å². The molecule has 1 aromatic rings. The van der Waals surface area contributed by atoms with Crippen molar-refractivity contribution in [3.05, 3.63) is 46.0 Å². The fourth-order valence-electron chi connectivity index (χ4n) is 1.11. The van der Waals surface area contributed by atoms with Crippen LogP contribution in [0.15, 0.2) is 34.8 Å². The van der Waals surface area contributed by atoms with Gasteiger partial charge in [-0.3, -0.25) is 4.79 Å². The summed E-state index contributed by atoms with van der Waals surface area (Å²) in [5, 5.41) is 0. The molecule has 0 amide bonds. The summed E-state index contributed by atoms with van der Waals surface area (Å²) in [6.45, 7) is 4.87. The first-order valence-corrected chi connectivity index (χ1v) is 5.09. The van der Waals surface area contributed by atoms with Crippen molar-refractivity contribution in [2.75, 3.05) is 0 Å². The van der Waals surface area contributed by atoms with Crippen LogP contribution in [-0.4, -0.2) is 5.78 Å². The zero-order valence-corrected chi connectivity index (χ0v) is 9.95. The molecule has 0 aliphatic heterocycles. The molecule has 0 saturated carbocycles. The molecule has 0 saturated heterocycles. The van der Waals surface area contributed by atoms with Gasteiger partial charge in [0.25, 0.3) is 0 Å². The number of rotatable bonds is 2. The summed E-state index contributed by atoms with van der Waals surface area (Å²) in [7, 11) is 0. The molecule has 0 aliphatic rings. The fraction of sp³-hybridized carbons (Fsp3) is 0.182. The van der Waals surface area contributed by atoms with Crippen molar-refractivity contribution in [1.82, 2.24) is 0 Å². The van der Waals surface area contributed by atoms with E-state index in [1.54, 1.807) is 0 Å². The van der Waals surface area contributed by atoms with Crippen molar-refractivity contribution in [3.8, 4) is 0 Å². The molecule has 1 rings (SSSR count). The van der Waals surface area contributed by atoms with Crippen LogP contribution in [0.2, 0.25) is 0 Å². The van der Waals surface area contributed by atoms with Crippen LogP contribution in [0.4, 0.5) is 13.2 Å². The highest BCUT2D eigenvalue weighted by Gasteiger charge is 2.31. The number of carbonyl (C=O) groups excluding carboxylic acids is 1. The number of benzene rings is 1. The van der Waals surface area contributed by atoms with Gasteiger partial charge in [0.1, 0.15) is 0 Å². The number of hydrogen-bond donors (Lipinski definition) is 0. The SMILES string of the molecule is C=C(C)C(=O)c1cc(C(F)(F)F)ccc1Br. The van der Waals surface area contributed by atoms with E-state index in [0.717, 1.165) is 12.1 Å². The first kappa shape index (κ1) is 13.0. The molecule has 0 N–H and O–H groups in total. The Kier molecular flexibility index (Phi) is 3.57. The van der Waals surface area contributed by atoms with Crippen LogP contribution in [0.1, 0.15) is 22.8 Å². The number of ketones is 1. The molecule has 1 nitrogen and oxygen atoms in total. The molecule has 0 unspecified atom stereocenters. The lowest BCUT2D eigenvalue weighted by molar-refractivity contribution is -0.137. The molecule has 0 heterocycles. The van der Waals surface area contributed by atoms with E-state index in [1.807, 2.05) is 0 Å². The van der Waals surface area contributed by atoms with Crippen LogP contribution in [0, 0.1) is 0 Å². The van der Waals surface area contributed by atoms with Gasteiger partial charge in [-0.05, 0) is 30.7 Å². The van der Waals surface area contributed by atoms with Gasteiger partial charge in [-0.1, -0.05) is 22.5 Å². The second-order valence-electron chi connectivity index (χ2n) is 3.30. The number of halogens is 4. The monoisotopic (exact) mass is 292 g/mol. The minimum absolute atomic E-state index is 0.0256. The van der Waals surface area contributed by atoms with Gasteiger partial charge in [0.05, 0.1) is 5.56 Å². The Morgan fingerprint density at radius 2 is 1.94 bits per heavy atom. The summed E-state index contributed by atoms with van der Waals surface area (Å²) in [5.41, 5.74) is -0.678. The van der Waals surface area contributed by atoms with Gasteiger partial charge < -0.3 is 0 Å². The standard InChI is InChI=1S/C11H8BrF3O/c1-6(2)10(16)8-5-7(11(13,14)15)3-4-9(8)12/h3-5H,1H2,2H3. The Bertz CT molecular complexity index is 449. The molecule has 16 heavy (non-hydrogen) atoms. The van der Waals surface area contributed by atoms with Gasteiger partial charge in [0, 0.05) is 10.0 Å². The van der Waals surface area contributed by atoms with Crippen LogP contribution in [0.3, 0.4) is 0 Å². The zero-order chi connectivity index (χ0) is 12.5. The minimum Gasteiger partial charge on any atom is -0.289 e. The maximum atomic E-state index is 12.4. The van der Waals surface area contributed by atoms with Crippen molar-refractivity contribution >= 4 is 21.7 Å². The first-order chi connectivity index (χ1) is 7.23. The summed E-state index contributed by atoms with van der Waals surface area (Å²) in [6, 6.07) is 2.94. The predicted octanol–water partition coefficient (Wildman–Crippen LogP) is 4.23. The van der Waals surface area contributed by atoms with E-state index < -0.39 is 17.5 Å². The van der Waals surface area contributed by atoms with E-state index in [4.69, 9.17) is 0 Å². The highest BCUT2D eigenvalue weighted by atomic mass is 79.9. The van der Waals surface area contributed by atoms with Crippen molar-refractivity contribution in [1.29, 1.82) is 0 Å². The largest absolute Gasteiger partial charge is 0.416 e. The van der Waals surface area contributed by atoms with Gasteiger partial charge in [-0.2, -0.15) is 13.2 Å². The first-order valence-electron chi connectivity index (χ1n) is 4.30. The van der Waals surface area contributed by atoms with Crippen molar-refractivity contribution in [2.24, 2.45) is 0 Å². The molecule has 5 heteroatoms. The Balaban J connectivity index is 3.30. The third-order valence-corrected chi connectivity index (χ3v) is 2.62. The molecule has 0 fully saturated rings. The molecule has 0 atom stereocenters. The highest BCUT2D eigenvalue weighted by Crippen LogP contribution is 2.32. The van der Waals surface area contributed by atoms with E-state index in [2.05, 4.69) is 22.5 Å². The number of Topliss-reactive ketones (excluding diaryl/α,β-unsaturated/α-hetero) is 1. The van der Waals surface area contributed by atoms with Gasteiger partial charge in [-0.15, -0.1) is 0 Å². The summed E-state index contributed by atoms with van der Waals surface area (Å²) < 4.78 is 37.6. The number of alkyl halides is 3. The molecule has 0 spiro atoms. The van der Waals surface area contributed by atoms with Crippen molar-refractivity contribution < 1.29 is 18.0 Å². The van der Waals surface area contributed by atoms with E-state index in [1.165, 1.54) is 13.0 Å². The van der Waals surface area contributed by atoms with Crippen LogP contribution >= 0.6 is 15.9 Å². The van der Waals surface area contributed by atoms with Crippen molar-refractivity contribution in [3.63, 3.8) is 0 Å². The summed E-state index contributed by atoms with van der Waals surface area (Å²) in [5.74, 6) is -0.502. The van der Waals surface area contributed by atoms with Crippen LogP contribution in [0.25, 0.3) is 0 Å². The maximum Gasteiger partial charge on any atom is 0.416 e. The average Bonchev–Trinajstić information content (AvgIpc) is 2.15. The second kappa shape index (κ2) is 4.41. The molecular weight excluding hydrogens is 285 g/mol. The number of carbonyl (C=O) groups is 1. The molecule has 0 radical (unpaired) electrons. The zero-order valence-electron chi connectivity index (χ0n) is 8.36. The van der Waals surface area contributed by atoms with Gasteiger partial charge in [-0.25, -0.2) is 0 Å². The topological polar surface area (TPSA) is 17.1 Å². The lowest BCUT2D eigenvalue weighted by atomic mass is 10.0. The molecule has 1 aromatic carbocycles. The summed E-state index contributed by atoms with van der Waals surface area (Å²) in [4.78, 5) is 11.5. The van der Waals surface area contributed by atoms with Crippen LogP contribution < -0.4 is 0 Å². The van der Waals surface area contributed by atoms with E-state index in [-0.39, 0.29) is 11.1 Å². The fourth-order valence-corrected chi connectivity index (χ4v) is 1.53. The third-order valence-electron chi connectivity index (χ3n) is 1.93. The Hall–Kier alpha value is -1.10. The van der Waals surface area contributed by atoms with Gasteiger partial charge in [0.15, 0.2) is 5.78 Å². The van der Waals surface area contributed by atoms with Gasteiger partial charge in [0.2, 0.25) is 0 Å². The highest BCUT2D eigenvalue weighted by molar-refractivity contribution is 9.10. The smallest absolute Gasteiger partial charge is 0.289 e. The maximum absolute atomic E-state index is 12.4. The van der Waals surface area contributed by atoms with Crippen LogP contribution in [-0.2, 0) is 6.18 Å². The normalized spacial score (nSPS) is 11.3. The summed E-state index contributed by atoms with van der Waals surface area (Å²) in [6.07, 6.45) is -4.45. The van der Waals surface area contributed by atoms with E-state index in [9.17, 15) is 18.0 Å². The van der Waals surface area contributed by atoms with Crippen LogP contribution in [0.5, 0.6) is 0 Å². The quantitative estimate of drug-likeness (QED) is 0.589. The second-order valence-corrected chi connectivity index (χ2v) is 4.16. The lowest BCUT2D eigenvalue weighted by Gasteiger charge is -2.09. The molecule has 86 valence electrons. The molecule has 0 aliphatic carbocycles. The predicted molar refractivity (Wildman–Crippen MR) is 58.3 cm³/mol. The average molecular weight is 293 g/mol.